The Morgan fingerprint density at radius 1 is 1.47 bits per heavy atom. The van der Waals surface area contributed by atoms with E-state index in [9.17, 15) is 4.79 Å². The number of hydrogen-bond acceptors (Lipinski definition) is 4. The Kier molecular flexibility index (Phi) is 6.12. The third-order valence-corrected chi connectivity index (χ3v) is 2.69. The Morgan fingerprint density at radius 2 is 2.21 bits per heavy atom. The van der Waals surface area contributed by atoms with Gasteiger partial charge in [0.2, 0.25) is 0 Å². The molecule has 0 aromatic carbocycles. The molecule has 5 heteroatoms. The first kappa shape index (κ1) is 15.3. The fourth-order valence-corrected chi connectivity index (χ4v) is 1.20. The summed E-state index contributed by atoms with van der Waals surface area (Å²) in [5.74, 6) is 0.265. The van der Waals surface area contributed by atoms with Gasteiger partial charge in [0.15, 0.2) is 5.76 Å². The fraction of sp³-hybridized carbons (Fsp3) is 0.571. The first-order chi connectivity index (χ1) is 9.04. The predicted octanol–water partition coefficient (Wildman–Crippen LogP) is 2.84. The average Bonchev–Trinajstić information content (AvgIpc) is 2.89. The number of ether oxygens (including phenoxy) is 1. The largest absolute Gasteiger partial charge is 0.465 e. The third-order valence-electron chi connectivity index (χ3n) is 2.69. The number of nitrogens with one attached hydrogen (secondary N) is 1. The summed E-state index contributed by atoms with van der Waals surface area (Å²) in [4.78, 5) is 16.2. The molecule has 1 N–H and O–H groups in total. The molecule has 1 amide bonds. The van der Waals surface area contributed by atoms with E-state index in [1.807, 2.05) is 13.8 Å². The lowest BCUT2D eigenvalue weighted by molar-refractivity contribution is 0.0937. The minimum absolute atomic E-state index is 0.0729. The van der Waals surface area contributed by atoms with Gasteiger partial charge in [0.1, 0.15) is 0 Å². The first-order valence-electron chi connectivity index (χ1n) is 6.60. The highest BCUT2D eigenvalue weighted by molar-refractivity contribution is 6.02. The van der Waals surface area contributed by atoms with Crippen LogP contribution < -0.4 is 5.32 Å². The number of rotatable bonds is 5. The molecular weight excluding hydrogens is 244 g/mol. The van der Waals surface area contributed by atoms with E-state index in [-0.39, 0.29) is 23.7 Å². The van der Waals surface area contributed by atoms with Crippen LogP contribution >= 0.6 is 0 Å². The van der Waals surface area contributed by atoms with Crippen LogP contribution in [-0.2, 0) is 4.74 Å². The molecule has 0 bridgehead atoms. The van der Waals surface area contributed by atoms with Crippen LogP contribution in [0.1, 0.15) is 44.7 Å². The Balaban J connectivity index is 2.71. The third kappa shape index (κ3) is 5.16. The molecule has 1 aromatic heterocycles. The number of amides is 1. The molecule has 1 heterocycles. The minimum atomic E-state index is -0.351. The summed E-state index contributed by atoms with van der Waals surface area (Å²) < 4.78 is 10.5. The summed E-state index contributed by atoms with van der Waals surface area (Å²) in [7, 11) is 0. The zero-order valence-electron chi connectivity index (χ0n) is 12.0. The van der Waals surface area contributed by atoms with Crippen LogP contribution in [0, 0.1) is 5.92 Å². The number of carbonyl (C=O) groups is 1. The number of nitrogens with zero attached hydrogens (tertiary/aromatic N) is 1. The fourth-order valence-electron chi connectivity index (χ4n) is 1.20. The van der Waals surface area contributed by atoms with Crippen molar-refractivity contribution >= 4 is 11.9 Å². The smallest absolute Gasteiger partial charge is 0.294 e. The second-order valence-electron chi connectivity index (χ2n) is 4.70. The van der Waals surface area contributed by atoms with Gasteiger partial charge in [0.05, 0.1) is 18.9 Å². The monoisotopic (exact) mass is 266 g/mol. The van der Waals surface area contributed by atoms with Crippen LogP contribution in [0.2, 0.25) is 0 Å². The molecule has 0 aliphatic carbocycles. The summed E-state index contributed by atoms with van der Waals surface area (Å²) in [6, 6.07) is 3.58. The van der Waals surface area contributed by atoms with Crippen molar-refractivity contribution in [3.05, 3.63) is 24.2 Å². The second kappa shape index (κ2) is 7.61. The normalized spacial score (nSPS) is 13.4. The lowest BCUT2D eigenvalue weighted by Gasteiger charge is -2.14. The van der Waals surface area contributed by atoms with Crippen LogP contribution in [0.5, 0.6) is 0 Å². The SMILES string of the molecule is CCCOC(=N[C@@H](C)C(C)C)NC(=O)c1ccco1. The second-order valence-corrected chi connectivity index (χ2v) is 4.70. The lowest BCUT2D eigenvalue weighted by Crippen LogP contribution is -2.34. The maximum atomic E-state index is 11.9. The van der Waals surface area contributed by atoms with Gasteiger partial charge >= 0.3 is 0 Å². The van der Waals surface area contributed by atoms with Crippen molar-refractivity contribution in [1.29, 1.82) is 0 Å². The molecule has 106 valence electrons. The maximum Gasteiger partial charge on any atom is 0.294 e. The highest BCUT2D eigenvalue weighted by atomic mass is 16.5. The van der Waals surface area contributed by atoms with Crippen molar-refractivity contribution in [3.63, 3.8) is 0 Å². The first-order valence-corrected chi connectivity index (χ1v) is 6.60. The zero-order valence-corrected chi connectivity index (χ0v) is 12.0. The topological polar surface area (TPSA) is 63.8 Å². The number of carbonyl (C=O) groups excluding carboxylic acids is 1. The Bertz CT molecular complexity index is 410. The van der Waals surface area contributed by atoms with Crippen molar-refractivity contribution in [2.45, 2.75) is 40.2 Å². The van der Waals surface area contributed by atoms with Gasteiger partial charge < -0.3 is 9.15 Å². The van der Waals surface area contributed by atoms with E-state index < -0.39 is 0 Å². The van der Waals surface area contributed by atoms with E-state index in [2.05, 4.69) is 24.2 Å². The molecule has 0 aliphatic heterocycles. The molecule has 0 unspecified atom stereocenters. The van der Waals surface area contributed by atoms with Crippen molar-refractivity contribution in [3.8, 4) is 0 Å². The lowest BCUT2D eigenvalue weighted by atomic mass is 10.1. The van der Waals surface area contributed by atoms with Crippen molar-refractivity contribution in [1.82, 2.24) is 5.32 Å². The van der Waals surface area contributed by atoms with Crippen LogP contribution in [0.4, 0.5) is 0 Å². The molecule has 19 heavy (non-hydrogen) atoms. The zero-order chi connectivity index (χ0) is 14.3. The van der Waals surface area contributed by atoms with Crippen LogP contribution in [0.25, 0.3) is 0 Å². The molecule has 1 aromatic rings. The molecule has 1 atom stereocenters. The molecule has 0 radical (unpaired) electrons. The maximum absolute atomic E-state index is 11.9. The molecule has 1 rings (SSSR count). The van der Waals surface area contributed by atoms with E-state index in [0.717, 1.165) is 6.42 Å². The van der Waals surface area contributed by atoms with Gasteiger partial charge in [-0.25, -0.2) is 4.99 Å². The molecule has 5 nitrogen and oxygen atoms in total. The standard InChI is InChI=1S/C14H22N2O3/c1-5-8-19-14(15-11(4)10(2)3)16-13(17)12-7-6-9-18-12/h6-7,9-11H,5,8H2,1-4H3,(H,15,16,17)/t11-/m0/s1. The van der Waals surface area contributed by atoms with Crippen molar-refractivity contribution < 1.29 is 13.9 Å². The number of aliphatic imine (C=N–C) groups is 1. The van der Waals surface area contributed by atoms with Crippen LogP contribution in [0.3, 0.4) is 0 Å². The van der Waals surface area contributed by atoms with Gasteiger partial charge in [-0.2, -0.15) is 0 Å². The van der Waals surface area contributed by atoms with Gasteiger partial charge in [0.25, 0.3) is 11.9 Å². The van der Waals surface area contributed by atoms with Gasteiger partial charge in [-0.1, -0.05) is 20.8 Å². The van der Waals surface area contributed by atoms with E-state index >= 15 is 0 Å². The average molecular weight is 266 g/mol. The molecule has 0 aliphatic rings. The molecule has 0 spiro atoms. The van der Waals surface area contributed by atoms with E-state index in [1.165, 1.54) is 6.26 Å². The Hall–Kier alpha value is -1.78. The van der Waals surface area contributed by atoms with Crippen LogP contribution in [0.15, 0.2) is 27.8 Å². The van der Waals surface area contributed by atoms with Crippen molar-refractivity contribution in [2.75, 3.05) is 6.61 Å². The van der Waals surface area contributed by atoms with Crippen molar-refractivity contribution in [2.24, 2.45) is 10.9 Å². The number of hydrogen-bond donors (Lipinski definition) is 1. The van der Waals surface area contributed by atoms with E-state index in [1.54, 1.807) is 12.1 Å². The summed E-state index contributed by atoms with van der Waals surface area (Å²) in [5, 5.41) is 2.64. The molecule has 0 saturated carbocycles. The van der Waals surface area contributed by atoms with Gasteiger partial charge in [0, 0.05) is 0 Å². The van der Waals surface area contributed by atoms with Gasteiger partial charge in [-0.05, 0) is 31.4 Å². The van der Waals surface area contributed by atoms with E-state index in [0.29, 0.717) is 12.5 Å². The van der Waals surface area contributed by atoms with Crippen LogP contribution in [-0.4, -0.2) is 24.6 Å². The Labute approximate surface area is 114 Å². The molecule has 0 saturated heterocycles. The highest BCUT2D eigenvalue weighted by Gasteiger charge is 2.14. The molecule has 0 fully saturated rings. The van der Waals surface area contributed by atoms with E-state index in [4.69, 9.17) is 9.15 Å². The quantitative estimate of drug-likeness (QED) is 0.658. The number of furan rings is 1. The highest BCUT2D eigenvalue weighted by Crippen LogP contribution is 2.06. The molecular formula is C14H22N2O3. The summed E-state index contributed by atoms with van der Waals surface area (Å²) in [6.45, 7) is 8.64. The minimum Gasteiger partial charge on any atom is -0.465 e. The van der Waals surface area contributed by atoms with Gasteiger partial charge in [-0.15, -0.1) is 0 Å². The number of amidine groups is 1. The Morgan fingerprint density at radius 3 is 2.74 bits per heavy atom. The summed E-state index contributed by atoms with van der Waals surface area (Å²) in [5.41, 5.74) is 0. The van der Waals surface area contributed by atoms with Gasteiger partial charge in [-0.3, -0.25) is 10.1 Å². The predicted molar refractivity (Wildman–Crippen MR) is 74.2 cm³/mol. The summed E-state index contributed by atoms with van der Waals surface area (Å²) >= 11 is 0. The summed E-state index contributed by atoms with van der Waals surface area (Å²) in [6.07, 6.45) is 2.31.